The number of nitro groups is 1. The quantitative estimate of drug-likeness (QED) is 0.175. The van der Waals surface area contributed by atoms with Crippen LogP contribution in [-0.4, -0.2) is 54.1 Å². The molecule has 4 N–H and O–H groups in total. The van der Waals surface area contributed by atoms with Crippen LogP contribution in [0.1, 0.15) is 41.0 Å². The number of hydrogen-bond donors (Lipinski definition) is 4. The number of amides is 1. The number of carbonyl (C=O) groups is 1. The van der Waals surface area contributed by atoms with Gasteiger partial charge in [-0.05, 0) is 16.7 Å². The Labute approximate surface area is 222 Å². The molecule has 1 amide bonds. The van der Waals surface area contributed by atoms with Crippen molar-refractivity contribution in [2.45, 2.75) is 47.1 Å². The molecule has 37 heavy (non-hydrogen) atoms. The Balaban J connectivity index is 0. The molecule has 8 nitrogen and oxygen atoms in total. The summed E-state index contributed by atoms with van der Waals surface area (Å²) in [6, 6.07) is 28.4. The van der Waals surface area contributed by atoms with E-state index < -0.39 is 7.12 Å². The van der Waals surface area contributed by atoms with Crippen LogP contribution in [-0.2, 0) is 4.79 Å². The van der Waals surface area contributed by atoms with Crippen molar-refractivity contribution in [3.05, 3.63) is 95.0 Å². The lowest BCUT2D eigenvalue weighted by Gasteiger charge is -1.94. The Morgan fingerprint density at radius 3 is 1.51 bits per heavy atom. The maximum atomic E-state index is 9.97. The summed E-state index contributed by atoms with van der Waals surface area (Å²) in [5, 5.41) is 33.6. The standard InChI is InChI=1S/C10H8.C6H6.C4H8N2O2.C4H10.C2H6BNO3.C2H6/c1-2-6-10-8-4-3-7-9(10)5-1;1-2-4-6-5-3-1;7-6(8)4-1-2-5-3-4;1-4(2)3;5-2-4-1-3(6)7;1-2/h1-8H;1-6H;4-5H,1-3H2;4H,1-3H3;2,6-7H,1H2,(H,4,5);1-2H3. The van der Waals surface area contributed by atoms with Gasteiger partial charge in [0.2, 0.25) is 12.5 Å². The van der Waals surface area contributed by atoms with Crippen molar-refractivity contribution < 1.29 is 19.8 Å². The topological polar surface area (TPSA) is 125 Å². The van der Waals surface area contributed by atoms with Crippen LogP contribution in [0.25, 0.3) is 10.8 Å². The van der Waals surface area contributed by atoms with Crippen molar-refractivity contribution in [1.29, 1.82) is 0 Å². The molecule has 204 valence electrons. The third-order valence-corrected chi connectivity index (χ3v) is 4.04. The molecule has 3 aromatic carbocycles. The number of nitrogens with one attached hydrogen (secondary N) is 2. The lowest BCUT2D eigenvalue weighted by molar-refractivity contribution is -0.517. The number of fused-ring (bicyclic) bond motifs is 1. The number of rotatable bonds is 4. The molecule has 0 spiro atoms. The van der Waals surface area contributed by atoms with Crippen molar-refractivity contribution in [1.82, 2.24) is 10.6 Å². The minimum atomic E-state index is -1.44. The molecule has 0 aliphatic carbocycles. The van der Waals surface area contributed by atoms with E-state index in [1.807, 2.05) is 50.2 Å². The number of nitrogens with zero attached hydrogens (tertiary/aromatic N) is 1. The molecular weight excluding hydrogens is 469 g/mol. The van der Waals surface area contributed by atoms with Crippen LogP contribution in [0.5, 0.6) is 0 Å². The fraction of sp³-hybridized carbons (Fsp3) is 0.393. The summed E-state index contributed by atoms with van der Waals surface area (Å²) in [6.07, 6.45) is 0.982. The second-order valence-electron chi connectivity index (χ2n) is 8.17. The van der Waals surface area contributed by atoms with Crippen LogP contribution in [0.4, 0.5) is 0 Å². The summed E-state index contributed by atoms with van der Waals surface area (Å²) >= 11 is 0. The Morgan fingerprint density at radius 1 is 0.946 bits per heavy atom. The summed E-state index contributed by atoms with van der Waals surface area (Å²) in [4.78, 5) is 19.1. The van der Waals surface area contributed by atoms with E-state index >= 15 is 0 Å². The van der Waals surface area contributed by atoms with Gasteiger partial charge in [0.15, 0.2) is 0 Å². The van der Waals surface area contributed by atoms with E-state index in [1.54, 1.807) is 0 Å². The average Bonchev–Trinajstić information content (AvgIpc) is 3.46. The minimum absolute atomic E-state index is 0.108. The van der Waals surface area contributed by atoms with E-state index in [0.717, 1.165) is 12.5 Å². The fourth-order valence-corrected chi connectivity index (χ4v) is 2.49. The summed E-state index contributed by atoms with van der Waals surface area (Å²) in [5.41, 5.74) is 0. The fourth-order valence-electron chi connectivity index (χ4n) is 2.49. The van der Waals surface area contributed by atoms with Gasteiger partial charge in [0.05, 0.1) is 13.0 Å². The summed E-state index contributed by atoms with van der Waals surface area (Å²) in [5.74, 6) is 0.833. The van der Waals surface area contributed by atoms with Crippen LogP contribution in [0.15, 0.2) is 84.9 Å². The Bertz CT molecular complexity index is 814. The molecule has 0 bridgehead atoms. The largest absolute Gasteiger partial charge is 0.472 e. The summed E-state index contributed by atoms with van der Waals surface area (Å²) < 4.78 is 0. The van der Waals surface area contributed by atoms with Crippen molar-refractivity contribution in [2.75, 3.05) is 19.5 Å². The second-order valence-corrected chi connectivity index (χ2v) is 8.17. The zero-order chi connectivity index (χ0) is 28.3. The normalized spacial score (nSPS) is 12.7. The SMILES string of the molecule is CC.CC(C)C.O=CNCB(O)O.O=[N+]([O-])C1CCNC1.c1ccc2ccccc2c1.c1ccccc1. The van der Waals surface area contributed by atoms with Crippen molar-refractivity contribution in [3.63, 3.8) is 0 Å². The van der Waals surface area contributed by atoms with E-state index in [0.29, 0.717) is 19.4 Å². The smallest absolute Gasteiger partial charge is 0.426 e. The molecule has 1 saturated heterocycles. The van der Waals surface area contributed by atoms with Crippen LogP contribution in [0, 0.1) is 16.0 Å². The van der Waals surface area contributed by atoms with Gasteiger partial charge in [0.25, 0.3) is 0 Å². The van der Waals surface area contributed by atoms with Crippen LogP contribution in [0.3, 0.4) is 0 Å². The molecule has 4 rings (SSSR count). The molecule has 0 saturated carbocycles. The van der Waals surface area contributed by atoms with Gasteiger partial charge in [-0.2, -0.15) is 0 Å². The van der Waals surface area contributed by atoms with Gasteiger partial charge in [0, 0.05) is 17.9 Å². The predicted octanol–water partition coefficient (Wildman–Crippen LogP) is 4.58. The molecule has 0 radical (unpaired) electrons. The van der Waals surface area contributed by atoms with Gasteiger partial charge in [0.1, 0.15) is 0 Å². The highest BCUT2D eigenvalue weighted by Crippen LogP contribution is 2.11. The lowest BCUT2D eigenvalue weighted by atomic mass is 9.93. The van der Waals surface area contributed by atoms with Crippen molar-refractivity contribution in [2.24, 2.45) is 5.92 Å². The monoisotopic (exact) mass is 513 g/mol. The first-order valence-electron chi connectivity index (χ1n) is 12.6. The number of benzene rings is 3. The maximum absolute atomic E-state index is 9.97. The third-order valence-electron chi connectivity index (χ3n) is 4.04. The van der Waals surface area contributed by atoms with Crippen molar-refractivity contribution in [3.8, 4) is 0 Å². The van der Waals surface area contributed by atoms with Crippen LogP contribution in [0.2, 0.25) is 0 Å². The van der Waals surface area contributed by atoms with Gasteiger partial charge in [-0.3, -0.25) is 14.9 Å². The highest BCUT2D eigenvalue weighted by Gasteiger charge is 2.23. The molecule has 1 atom stereocenters. The summed E-state index contributed by atoms with van der Waals surface area (Å²) in [7, 11) is -1.44. The summed E-state index contributed by atoms with van der Waals surface area (Å²) in [6.45, 7) is 11.8. The average molecular weight is 513 g/mol. The van der Waals surface area contributed by atoms with Crippen LogP contribution >= 0.6 is 0 Å². The highest BCUT2D eigenvalue weighted by molar-refractivity contribution is 6.41. The molecule has 3 aromatic rings. The van der Waals surface area contributed by atoms with Crippen LogP contribution < -0.4 is 10.6 Å². The number of carbonyl (C=O) groups excluding carboxylic acids is 1. The predicted molar refractivity (Wildman–Crippen MR) is 155 cm³/mol. The van der Waals surface area contributed by atoms with Gasteiger partial charge < -0.3 is 20.7 Å². The molecule has 0 aromatic heterocycles. The molecule has 1 heterocycles. The van der Waals surface area contributed by atoms with Gasteiger partial charge >= 0.3 is 7.12 Å². The van der Waals surface area contributed by atoms with Crippen molar-refractivity contribution >= 4 is 24.3 Å². The minimum Gasteiger partial charge on any atom is -0.426 e. The lowest BCUT2D eigenvalue weighted by Crippen LogP contribution is -2.29. The molecular formula is C28H44BN3O5. The first-order chi connectivity index (χ1) is 17.8. The zero-order valence-corrected chi connectivity index (χ0v) is 22.8. The Hall–Kier alpha value is -3.27. The molecule has 9 heteroatoms. The molecule has 1 fully saturated rings. The van der Waals surface area contributed by atoms with Gasteiger partial charge in [-0.25, -0.2) is 0 Å². The van der Waals surface area contributed by atoms with E-state index in [-0.39, 0.29) is 17.4 Å². The molecule has 1 aliphatic rings. The highest BCUT2D eigenvalue weighted by atomic mass is 16.6. The van der Waals surface area contributed by atoms with E-state index in [2.05, 4.69) is 79.9 Å². The third kappa shape index (κ3) is 24.2. The molecule has 1 unspecified atom stereocenters. The van der Waals surface area contributed by atoms with E-state index in [9.17, 15) is 14.9 Å². The number of hydrogen-bond acceptors (Lipinski definition) is 6. The Morgan fingerprint density at radius 2 is 1.32 bits per heavy atom. The second kappa shape index (κ2) is 25.8. The maximum Gasteiger partial charge on any atom is 0.472 e. The molecule has 1 aliphatic heterocycles. The first kappa shape index (κ1) is 35.9. The zero-order valence-electron chi connectivity index (χ0n) is 22.8. The van der Waals surface area contributed by atoms with Gasteiger partial charge in [-0.1, -0.05) is 120 Å². The van der Waals surface area contributed by atoms with E-state index in [4.69, 9.17) is 10.0 Å². The van der Waals surface area contributed by atoms with Gasteiger partial charge in [-0.15, -0.1) is 0 Å². The Kier molecular flexibility index (Phi) is 25.0. The van der Waals surface area contributed by atoms with E-state index in [1.165, 1.54) is 10.8 Å². The first-order valence-corrected chi connectivity index (χ1v) is 12.6.